The third kappa shape index (κ3) is 3.92. The predicted molar refractivity (Wildman–Crippen MR) is 95.6 cm³/mol. The van der Waals surface area contributed by atoms with Crippen LogP contribution in [0.3, 0.4) is 0 Å². The Morgan fingerprint density at radius 2 is 1.96 bits per heavy atom. The van der Waals surface area contributed by atoms with E-state index in [-0.39, 0.29) is 11.8 Å². The predicted octanol–water partition coefficient (Wildman–Crippen LogP) is 3.81. The molecule has 0 unspecified atom stereocenters. The Hall–Kier alpha value is -2.40. The van der Waals surface area contributed by atoms with Crippen molar-refractivity contribution in [2.75, 3.05) is 23.8 Å². The van der Waals surface area contributed by atoms with E-state index in [1.807, 2.05) is 24.3 Å². The number of aryl methyl sites for hydroxylation is 1. The van der Waals surface area contributed by atoms with E-state index in [2.05, 4.69) is 35.5 Å². The molecular weight excluding hydrogens is 302 g/mol. The molecule has 24 heavy (non-hydrogen) atoms. The largest absolute Gasteiger partial charge is 0.381 e. The first-order valence-corrected chi connectivity index (χ1v) is 8.31. The second-order valence-electron chi connectivity index (χ2n) is 6.18. The smallest absolute Gasteiger partial charge is 0.227 e. The van der Waals surface area contributed by atoms with Gasteiger partial charge in [-0.2, -0.15) is 0 Å². The number of rotatable bonds is 4. The quantitative estimate of drug-likeness (QED) is 0.897. The lowest BCUT2D eigenvalue weighted by Gasteiger charge is -2.21. The summed E-state index contributed by atoms with van der Waals surface area (Å²) in [6.45, 7) is 5.49. The average Bonchev–Trinajstić information content (AvgIpc) is 2.61. The molecule has 0 aliphatic carbocycles. The van der Waals surface area contributed by atoms with Gasteiger partial charge < -0.3 is 15.4 Å². The van der Waals surface area contributed by atoms with E-state index in [1.54, 1.807) is 6.20 Å². The third-order valence-corrected chi connectivity index (χ3v) is 4.49. The molecule has 1 aliphatic heterocycles. The first-order valence-electron chi connectivity index (χ1n) is 8.31. The van der Waals surface area contributed by atoms with Crippen molar-refractivity contribution < 1.29 is 9.53 Å². The molecule has 0 atom stereocenters. The van der Waals surface area contributed by atoms with Crippen LogP contribution in [-0.4, -0.2) is 24.1 Å². The number of pyridine rings is 1. The van der Waals surface area contributed by atoms with Crippen molar-refractivity contribution >= 4 is 23.1 Å². The van der Waals surface area contributed by atoms with Crippen LogP contribution in [0.2, 0.25) is 0 Å². The van der Waals surface area contributed by atoms with Crippen molar-refractivity contribution in [3.8, 4) is 0 Å². The molecule has 1 aromatic carbocycles. The monoisotopic (exact) mass is 325 g/mol. The van der Waals surface area contributed by atoms with E-state index in [4.69, 9.17) is 4.74 Å². The highest BCUT2D eigenvalue weighted by atomic mass is 16.5. The first kappa shape index (κ1) is 16.5. The van der Waals surface area contributed by atoms with Crippen LogP contribution >= 0.6 is 0 Å². The molecule has 1 fully saturated rings. The highest BCUT2D eigenvalue weighted by molar-refractivity contribution is 5.92. The third-order valence-electron chi connectivity index (χ3n) is 4.49. The van der Waals surface area contributed by atoms with Gasteiger partial charge in [-0.15, -0.1) is 0 Å². The van der Waals surface area contributed by atoms with Crippen LogP contribution in [0.25, 0.3) is 0 Å². The van der Waals surface area contributed by atoms with Crippen molar-refractivity contribution in [3.05, 3.63) is 47.7 Å². The van der Waals surface area contributed by atoms with Crippen LogP contribution in [-0.2, 0) is 9.53 Å². The van der Waals surface area contributed by atoms with Gasteiger partial charge in [0, 0.05) is 24.8 Å². The van der Waals surface area contributed by atoms with E-state index < -0.39 is 0 Å². The summed E-state index contributed by atoms with van der Waals surface area (Å²) in [6, 6.07) is 9.89. The molecule has 5 heteroatoms. The van der Waals surface area contributed by atoms with Gasteiger partial charge in [0.2, 0.25) is 5.91 Å². The number of carbonyl (C=O) groups excluding carboxylic acids is 1. The van der Waals surface area contributed by atoms with Gasteiger partial charge in [-0.3, -0.25) is 4.79 Å². The number of ether oxygens (including phenoxy) is 1. The number of aromatic nitrogens is 1. The second kappa shape index (κ2) is 7.45. The zero-order valence-corrected chi connectivity index (χ0v) is 14.1. The van der Waals surface area contributed by atoms with Crippen molar-refractivity contribution in [2.45, 2.75) is 26.7 Å². The second-order valence-corrected chi connectivity index (χ2v) is 6.18. The molecule has 0 spiro atoms. The molecule has 5 nitrogen and oxygen atoms in total. The number of amides is 1. The minimum atomic E-state index is 0.0338. The summed E-state index contributed by atoms with van der Waals surface area (Å²) in [4.78, 5) is 16.6. The van der Waals surface area contributed by atoms with Gasteiger partial charge in [0.05, 0.1) is 11.9 Å². The zero-order chi connectivity index (χ0) is 16.9. The molecule has 1 aromatic heterocycles. The van der Waals surface area contributed by atoms with Crippen LogP contribution < -0.4 is 10.6 Å². The van der Waals surface area contributed by atoms with Gasteiger partial charge in [0.25, 0.3) is 0 Å². The molecule has 1 amide bonds. The van der Waals surface area contributed by atoms with E-state index in [0.29, 0.717) is 13.2 Å². The molecule has 2 aromatic rings. The first-order chi connectivity index (χ1) is 11.6. The van der Waals surface area contributed by atoms with E-state index in [0.717, 1.165) is 30.0 Å². The number of anilines is 3. The number of hydrogen-bond donors (Lipinski definition) is 2. The van der Waals surface area contributed by atoms with Crippen LogP contribution in [0, 0.1) is 19.8 Å². The lowest BCUT2D eigenvalue weighted by atomic mass is 9.99. The van der Waals surface area contributed by atoms with E-state index >= 15 is 0 Å². The maximum absolute atomic E-state index is 12.2. The van der Waals surface area contributed by atoms with Gasteiger partial charge in [0.15, 0.2) is 0 Å². The minimum Gasteiger partial charge on any atom is -0.381 e. The maximum Gasteiger partial charge on any atom is 0.227 e. The number of hydrogen-bond acceptors (Lipinski definition) is 4. The molecule has 1 aliphatic rings. The van der Waals surface area contributed by atoms with Crippen LogP contribution in [0.1, 0.15) is 24.0 Å². The standard InChI is InChI=1S/C19H23N3O2/c1-13-4-3-5-17(14(13)2)22-18-7-6-16(12-20-18)21-19(23)15-8-10-24-11-9-15/h3-7,12,15H,8-11H2,1-2H3,(H,20,22)(H,21,23). The van der Waals surface area contributed by atoms with Gasteiger partial charge in [-0.05, 0) is 56.0 Å². The fourth-order valence-corrected chi connectivity index (χ4v) is 2.77. The van der Waals surface area contributed by atoms with Crippen LogP contribution in [0.15, 0.2) is 36.5 Å². The van der Waals surface area contributed by atoms with Crippen LogP contribution in [0.5, 0.6) is 0 Å². The Morgan fingerprint density at radius 3 is 2.67 bits per heavy atom. The van der Waals surface area contributed by atoms with E-state index in [1.165, 1.54) is 11.1 Å². The molecule has 2 heterocycles. The summed E-state index contributed by atoms with van der Waals surface area (Å²) >= 11 is 0. The van der Waals surface area contributed by atoms with Gasteiger partial charge in [0.1, 0.15) is 5.82 Å². The van der Waals surface area contributed by atoms with Gasteiger partial charge in [-0.1, -0.05) is 12.1 Å². The molecule has 3 rings (SSSR count). The van der Waals surface area contributed by atoms with E-state index in [9.17, 15) is 4.79 Å². The zero-order valence-electron chi connectivity index (χ0n) is 14.1. The minimum absolute atomic E-state index is 0.0338. The van der Waals surface area contributed by atoms with Crippen molar-refractivity contribution in [1.29, 1.82) is 0 Å². The summed E-state index contributed by atoms with van der Waals surface area (Å²) in [5.74, 6) is 0.842. The Kier molecular flexibility index (Phi) is 5.11. The Labute approximate surface area is 142 Å². The number of benzene rings is 1. The van der Waals surface area contributed by atoms with Gasteiger partial charge >= 0.3 is 0 Å². The molecule has 1 saturated heterocycles. The molecular formula is C19H23N3O2. The lowest BCUT2D eigenvalue weighted by molar-refractivity contribution is -0.122. The summed E-state index contributed by atoms with van der Waals surface area (Å²) < 4.78 is 5.29. The summed E-state index contributed by atoms with van der Waals surface area (Å²) in [7, 11) is 0. The SMILES string of the molecule is Cc1cccc(Nc2ccc(NC(=O)C3CCOCC3)cn2)c1C. The number of carbonyl (C=O) groups is 1. The summed E-state index contributed by atoms with van der Waals surface area (Å²) in [5.41, 5.74) is 4.20. The summed E-state index contributed by atoms with van der Waals surface area (Å²) in [5, 5.41) is 6.26. The Balaban J connectivity index is 1.62. The lowest BCUT2D eigenvalue weighted by Crippen LogP contribution is -2.28. The maximum atomic E-state index is 12.2. The Bertz CT molecular complexity index is 707. The highest BCUT2D eigenvalue weighted by Gasteiger charge is 2.21. The van der Waals surface area contributed by atoms with Crippen LogP contribution in [0.4, 0.5) is 17.2 Å². The molecule has 0 bridgehead atoms. The fourth-order valence-electron chi connectivity index (χ4n) is 2.77. The van der Waals surface area contributed by atoms with Gasteiger partial charge in [-0.25, -0.2) is 4.98 Å². The topological polar surface area (TPSA) is 63.2 Å². The molecule has 126 valence electrons. The van der Waals surface area contributed by atoms with Crippen molar-refractivity contribution in [2.24, 2.45) is 5.92 Å². The molecule has 0 saturated carbocycles. The molecule has 0 radical (unpaired) electrons. The molecule has 2 N–H and O–H groups in total. The summed E-state index contributed by atoms with van der Waals surface area (Å²) in [6.07, 6.45) is 3.25. The fraction of sp³-hybridized carbons (Fsp3) is 0.368. The average molecular weight is 325 g/mol. The Morgan fingerprint density at radius 1 is 1.17 bits per heavy atom. The number of nitrogens with zero attached hydrogens (tertiary/aromatic N) is 1. The van der Waals surface area contributed by atoms with Crippen molar-refractivity contribution in [1.82, 2.24) is 4.98 Å². The normalized spacial score (nSPS) is 15.1. The van der Waals surface area contributed by atoms with Crippen molar-refractivity contribution in [3.63, 3.8) is 0 Å². The number of nitrogens with one attached hydrogen (secondary N) is 2. The highest BCUT2D eigenvalue weighted by Crippen LogP contribution is 2.23.